The monoisotopic (exact) mass is 358 g/mol. The zero-order chi connectivity index (χ0) is 17.7. The van der Waals surface area contributed by atoms with Crippen LogP contribution >= 0.6 is 0 Å². The van der Waals surface area contributed by atoms with Gasteiger partial charge in [-0.15, -0.1) is 0 Å². The summed E-state index contributed by atoms with van der Waals surface area (Å²) in [7, 11) is 0. The first kappa shape index (κ1) is 15.8. The van der Waals surface area contributed by atoms with Crippen LogP contribution in [-0.4, -0.2) is 21.9 Å². The molecule has 7 aliphatic rings. The van der Waals surface area contributed by atoms with Crippen molar-refractivity contribution in [2.45, 2.75) is 99.8 Å². The maximum atomic E-state index is 15.3. The topological polar surface area (TPSA) is 24.9 Å². The Kier molecular flexibility index (Phi) is 2.92. The maximum Gasteiger partial charge on any atom is 0.116 e. The van der Waals surface area contributed by atoms with E-state index >= 15 is 8.78 Å². The number of aromatic nitrogens is 1. The van der Waals surface area contributed by atoms with Gasteiger partial charge in [-0.2, -0.15) is 0 Å². The summed E-state index contributed by atoms with van der Waals surface area (Å²) in [6.45, 7) is 2.13. The number of aryl methyl sites for hydroxylation is 1. The highest BCUT2D eigenvalue weighted by atomic mass is 19.2. The lowest BCUT2D eigenvalue weighted by molar-refractivity contribution is -0.137. The quantitative estimate of drug-likeness (QED) is 0.732. The molecule has 0 spiro atoms. The number of hydrogen-bond donors (Lipinski definition) is 1. The average molecular weight is 358 g/mol. The molecule has 140 valence electrons. The number of pyridine rings is 1. The Bertz CT molecular complexity index is 765. The minimum atomic E-state index is -1.31. The Balaban J connectivity index is 1.42. The molecular formula is C22H28F2N2. The normalized spacial score (nSPS) is 47.9. The van der Waals surface area contributed by atoms with Crippen LogP contribution in [0.2, 0.25) is 0 Å². The van der Waals surface area contributed by atoms with E-state index in [1.165, 1.54) is 36.8 Å². The molecule has 1 N–H and O–H groups in total. The van der Waals surface area contributed by atoms with Crippen LogP contribution in [0.25, 0.3) is 0 Å². The highest BCUT2D eigenvalue weighted by molar-refractivity contribution is 5.61. The van der Waals surface area contributed by atoms with Gasteiger partial charge in [0.15, 0.2) is 0 Å². The molecule has 0 saturated heterocycles. The van der Waals surface area contributed by atoms with Gasteiger partial charge in [-0.3, -0.25) is 4.98 Å². The van der Waals surface area contributed by atoms with Crippen LogP contribution in [0.5, 0.6) is 0 Å². The SMILES string of the molecule is Cc1ncc(NC23CC4CC(F)(CC(F)(C4)C2)C3)c2c1C1CCC2CC1. The largest absolute Gasteiger partial charge is 0.378 e. The zero-order valence-corrected chi connectivity index (χ0v) is 15.6. The summed E-state index contributed by atoms with van der Waals surface area (Å²) in [4.78, 5) is 4.69. The summed E-state index contributed by atoms with van der Waals surface area (Å²) < 4.78 is 30.7. The highest BCUT2D eigenvalue weighted by Crippen LogP contribution is 2.63. The molecule has 0 radical (unpaired) electrons. The van der Waals surface area contributed by atoms with Crippen molar-refractivity contribution in [3.63, 3.8) is 0 Å². The first-order valence-corrected chi connectivity index (χ1v) is 10.5. The molecule has 0 aromatic carbocycles. The minimum Gasteiger partial charge on any atom is -0.378 e. The lowest BCUT2D eigenvalue weighted by Crippen LogP contribution is -2.65. The van der Waals surface area contributed by atoms with Gasteiger partial charge in [0.2, 0.25) is 0 Å². The van der Waals surface area contributed by atoms with Crippen molar-refractivity contribution in [3.05, 3.63) is 23.0 Å². The minimum absolute atomic E-state index is 0.120. The molecule has 2 unspecified atom stereocenters. The molecule has 5 fully saturated rings. The van der Waals surface area contributed by atoms with Gasteiger partial charge in [0.05, 0.1) is 11.9 Å². The number of nitrogens with zero attached hydrogens (tertiary/aromatic N) is 1. The number of halogens is 2. The smallest absolute Gasteiger partial charge is 0.116 e. The van der Waals surface area contributed by atoms with E-state index < -0.39 is 16.9 Å². The Labute approximate surface area is 154 Å². The van der Waals surface area contributed by atoms with Crippen LogP contribution in [0.1, 0.15) is 92.9 Å². The van der Waals surface area contributed by atoms with Gasteiger partial charge < -0.3 is 5.32 Å². The Morgan fingerprint density at radius 3 is 2.15 bits per heavy atom. The summed E-state index contributed by atoms with van der Waals surface area (Å²) in [6.07, 6.45) is 10.1. The van der Waals surface area contributed by atoms with Crippen molar-refractivity contribution in [1.29, 1.82) is 0 Å². The van der Waals surface area contributed by atoms with Gasteiger partial charge in [-0.25, -0.2) is 8.78 Å². The lowest BCUT2D eigenvalue weighted by Gasteiger charge is -2.61. The molecule has 1 aromatic rings. The Morgan fingerprint density at radius 1 is 0.923 bits per heavy atom. The van der Waals surface area contributed by atoms with Gasteiger partial charge in [0.1, 0.15) is 11.3 Å². The third-order valence-electron chi connectivity index (χ3n) is 8.23. The van der Waals surface area contributed by atoms with Gasteiger partial charge in [-0.1, -0.05) is 0 Å². The van der Waals surface area contributed by atoms with E-state index in [9.17, 15) is 0 Å². The fourth-order valence-corrected chi connectivity index (χ4v) is 8.00. The fraction of sp³-hybridized carbons (Fsp3) is 0.773. The molecule has 0 amide bonds. The van der Waals surface area contributed by atoms with Gasteiger partial charge in [0.25, 0.3) is 0 Å². The van der Waals surface area contributed by atoms with E-state index in [0.29, 0.717) is 37.5 Å². The van der Waals surface area contributed by atoms with Crippen molar-refractivity contribution >= 4 is 5.69 Å². The van der Waals surface area contributed by atoms with Crippen LogP contribution in [-0.2, 0) is 0 Å². The summed E-state index contributed by atoms with van der Waals surface area (Å²) in [5, 5.41) is 3.73. The first-order valence-electron chi connectivity index (χ1n) is 10.5. The van der Waals surface area contributed by atoms with Crippen molar-refractivity contribution in [2.75, 3.05) is 5.32 Å². The zero-order valence-electron chi connectivity index (χ0n) is 15.6. The molecular weight excluding hydrogens is 330 g/mol. The van der Waals surface area contributed by atoms with Crippen molar-refractivity contribution in [1.82, 2.24) is 4.98 Å². The second-order valence-corrected chi connectivity index (χ2v) is 10.3. The molecule has 2 atom stereocenters. The van der Waals surface area contributed by atoms with Gasteiger partial charge in [-0.05, 0) is 80.8 Å². The van der Waals surface area contributed by atoms with Crippen LogP contribution in [0.15, 0.2) is 6.20 Å². The molecule has 6 bridgehead atoms. The second-order valence-electron chi connectivity index (χ2n) is 10.3. The third kappa shape index (κ3) is 2.10. The number of anilines is 1. The fourth-order valence-electron chi connectivity index (χ4n) is 8.00. The molecule has 5 saturated carbocycles. The van der Waals surface area contributed by atoms with Crippen LogP contribution in [0.3, 0.4) is 0 Å². The summed E-state index contributed by atoms with van der Waals surface area (Å²) in [5.41, 5.74) is 2.12. The predicted molar refractivity (Wildman–Crippen MR) is 98.1 cm³/mol. The van der Waals surface area contributed by atoms with E-state index in [1.807, 2.05) is 6.20 Å². The molecule has 8 rings (SSSR count). The summed E-state index contributed by atoms with van der Waals surface area (Å²) in [6, 6.07) is 0. The number of fused-ring (bicyclic) bond motifs is 2. The molecule has 1 aromatic heterocycles. The maximum absolute atomic E-state index is 15.3. The Morgan fingerprint density at radius 2 is 1.54 bits per heavy atom. The number of rotatable bonds is 2. The van der Waals surface area contributed by atoms with Crippen molar-refractivity contribution in [2.24, 2.45) is 5.92 Å². The number of hydrogen-bond acceptors (Lipinski definition) is 2. The summed E-state index contributed by atoms with van der Waals surface area (Å²) in [5.74, 6) is 1.44. The van der Waals surface area contributed by atoms with E-state index in [2.05, 4.69) is 12.2 Å². The molecule has 2 nitrogen and oxygen atoms in total. The molecule has 4 heteroatoms. The van der Waals surface area contributed by atoms with Gasteiger partial charge >= 0.3 is 0 Å². The predicted octanol–water partition coefficient (Wildman–Crippen LogP) is 5.71. The van der Waals surface area contributed by atoms with E-state index in [1.54, 1.807) is 0 Å². The van der Waals surface area contributed by atoms with Crippen molar-refractivity contribution in [3.8, 4) is 0 Å². The second kappa shape index (κ2) is 4.80. The molecule has 26 heavy (non-hydrogen) atoms. The molecule has 0 aliphatic heterocycles. The lowest BCUT2D eigenvalue weighted by atomic mass is 9.50. The van der Waals surface area contributed by atoms with E-state index in [4.69, 9.17) is 4.98 Å². The third-order valence-corrected chi connectivity index (χ3v) is 8.23. The van der Waals surface area contributed by atoms with E-state index in [0.717, 1.165) is 17.8 Å². The number of alkyl halides is 2. The van der Waals surface area contributed by atoms with Crippen LogP contribution < -0.4 is 5.32 Å². The van der Waals surface area contributed by atoms with E-state index in [-0.39, 0.29) is 12.3 Å². The molecule has 7 aliphatic carbocycles. The Hall–Kier alpha value is -1.19. The van der Waals surface area contributed by atoms with Crippen LogP contribution in [0, 0.1) is 12.8 Å². The number of nitrogens with one attached hydrogen (secondary N) is 1. The molecule has 1 heterocycles. The highest BCUT2D eigenvalue weighted by Gasteiger charge is 2.65. The summed E-state index contributed by atoms with van der Waals surface area (Å²) >= 11 is 0. The van der Waals surface area contributed by atoms with Gasteiger partial charge in [0, 0.05) is 30.5 Å². The van der Waals surface area contributed by atoms with Crippen LogP contribution in [0.4, 0.5) is 14.5 Å². The first-order chi connectivity index (χ1) is 12.4. The average Bonchev–Trinajstić information content (AvgIpc) is 2.55. The van der Waals surface area contributed by atoms with Crippen molar-refractivity contribution < 1.29 is 8.78 Å². The standard InChI is InChI=1S/C22H28F2N2/c1-13-18-15-2-4-16(5-3-15)19(18)17(9-25-13)26-22-8-14-6-20(23,11-22)10-21(24,7-14)12-22/h9,14-16,26H,2-8,10-12H2,1H3.